The van der Waals surface area contributed by atoms with Crippen LogP contribution in [0.5, 0.6) is 11.5 Å². The van der Waals surface area contributed by atoms with Crippen molar-refractivity contribution in [3.8, 4) is 22.6 Å². The normalized spacial score (nSPS) is 17.8. The molecule has 1 aliphatic carbocycles. The maximum absolute atomic E-state index is 15.4. The Balaban J connectivity index is 1.12. The summed E-state index contributed by atoms with van der Waals surface area (Å²) in [6.07, 6.45) is 2.31. The number of fused-ring (bicyclic) bond motifs is 2. The number of nitrogens with zero attached hydrogens (tertiary/aromatic N) is 4. The van der Waals surface area contributed by atoms with Crippen molar-refractivity contribution in [1.82, 2.24) is 20.2 Å². The molecule has 4 heterocycles. The van der Waals surface area contributed by atoms with Gasteiger partial charge in [0.25, 0.3) is 0 Å². The van der Waals surface area contributed by atoms with Crippen LogP contribution in [0.3, 0.4) is 0 Å². The first kappa shape index (κ1) is 28.7. The molecular formula is C34H34FN7O4. The summed E-state index contributed by atoms with van der Waals surface area (Å²) < 4.78 is 26.4. The van der Waals surface area contributed by atoms with Gasteiger partial charge in [0, 0.05) is 29.9 Å². The molecule has 12 heteroatoms. The molecule has 2 aliphatic heterocycles. The molecule has 1 saturated carbocycles. The molecule has 6 N–H and O–H groups in total. The van der Waals surface area contributed by atoms with E-state index in [1.165, 1.54) is 0 Å². The number of hydrogen-bond donors (Lipinski definition) is 5. The maximum Gasteiger partial charge on any atom is 0.231 e. The van der Waals surface area contributed by atoms with Crippen molar-refractivity contribution in [2.45, 2.75) is 43.2 Å². The van der Waals surface area contributed by atoms with E-state index in [-0.39, 0.29) is 31.0 Å². The van der Waals surface area contributed by atoms with Gasteiger partial charge in [0.1, 0.15) is 11.9 Å². The summed E-state index contributed by atoms with van der Waals surface area (Å²) in [5.74, 6) is 2.30. The lowest BCUT2D eigenvalue weighted by Crippen LogP contribution is -2.48. The highest BCUT2D eigenvalue weighted by atomic mass is 19.1. The zero-order chi connectivity index (χ0) is 31.4. The van der Waals surface area contributed by atoms with Crippen LogP contribution in [0.2, 0.25) is 0 Å². The van der Waals surface area contributed by atoms with Gasteiger partial charge in [-0.1, -0.05) is 36.4 Å². The van der Waals surface area contributed by atoms with E-state index in [1.807, 2.05) is 48.5 Å². The molecule has 0 spiro atoms. The molecule has 3 aromatic carbocycles. The number of aromatic nitrogens is 4. The lowest BCUT2D eigenvalue weighted by Gasteiger charge is -2.39. The molecule has 0 bridgehead atoms. The summed E-state index contributed by atoms with van der Waals surface area (Å²) in [5, 5.41) is 30.3. The van der Waals surface area contributed by atoms with Crippen molar-refractivity contribution in [3.63, 3.8) is 0 Å². The number of aliphatic hydroxyl groups excluding tert-OH is 2. The summed E-state index contributed by atoms with van der Waals surface area (Å²) in [5.41, 5.74) is 11.1. The first-order valence-electron chi connectivity index (χ1n) is 15.5. The Morgan fingerprint density at radius 2 is 1.74 bits per heavy atom. The minimum Gasteiger partial charge on any atom is -0.454 e. The van der Waals surface area contributed by atoms with Gasteiger partial charge in [-0.2, -0.15) is 10.1 Å². The Labute approximate surface area is 264 Å². The van der Waals surface area contributed by atoms with E-state index in [2.05, 4.69) is 20.4 Å². The quantitative estimate of drug-likeness (QED) is 0.160. The van der Waals surface area contributed by atoms with E-state index in [0.29, 0.717) is 65.6 Å². The Morgan fingerprint density at radius 1 is 0.978 bits per heavy atom. The third-order valence-corrected chi connectivity index (χ3v) is 9.33. The zero-order valence-electron chi connectivity index (χ0n) is 25.0. The van der Waals surface area contributed by atoms with E-state index in [9.17, 15) is 10.2 Å². The minimum atomic E-state index is -0.936. The number of piperidine rings is 1. The smallest absolute Gasteiger partial charge is 0.231 e. The average Bonchev–Trinajstić information content (AvgIpc) is 3.71. The minimum absolute atomic E-state index is 0.100. The van der Waals surface area contributed by atoms with Crippen molar-refractivity contribution >= 4 is 28.5 Å². The summed E-state index contributed by atoms with van der Waals surface area (Å²) in [6, 6.07) is 19.1. The van der Waals surface area contributed by atoms with Gasteiger partial charge in [0.15, 0.2) is 23.1 Å². The van der Waals surface area contributed by atoms with Crippen molar-refractivity contribution in [2.75, 3.05) is 36.7 Å². The van der Waals surface area contributed by atoms with Gasteiger partial charge in [-0.05, 0) is 72.2 Å². The van der Waals surface area contributed by atoms with E-state index in [4.69, 9.17) is 25.2 Å². The number of rotatable bonds is 8. The van der Waals surface area contributed by atoms with E-state index in [1.54, 1.807) is 12.1 Å². The number of hydrogen-bond acceptors (Lipinski definition) is 10. The van der Waals surface area contributed by atoms with Crippen molar-refractivity contribution in [1.29, 1.82) is 0 Å². The second kappa shape index (κ2) is 11.2. The molecule has 0 radical (unpaired) electrons. The van der Waals surface area contributed by atoms with Crippen LogP contribution in [0, 0.1) is 5.82 Å². The molecule has 1 unspecified atom stereocenters. The fourth-order valence-electron chi connectivity index (χ4n) is 6.32. The van der Waals surface area contributed by atoms with Crippen LogP contribution in [0.25, 0.3) is 22.0 Å². The van der Waals surface area contributed by atoms with Crippen LogP contribution in [0.15, 0.2) is 60.7 Å². The lowest BCUT2D eigenvalue weighted by molar-refractivity contribution is 0.0956. The molecule has 3 aliphatic rings. The standard InChI is InChI=1S/C34H34FN7O4/c35-29-30(21-5-6-21)40-41-32(29)38-31-24-15-22(19-1-3-20(4-2-19)26(44)17-43)7-9-25(24)37-33(39-31)42-13-11-34(36,12-14-42)23-8-10-27-28(16-23)46-18-45-27/h1-4,7-10,15-16,21,26,43-44H,5-6,11-14,17-18,36H2,(H2,37,38,39,40,41). The highest BCUT2D eigenvalue weighted by molar-refractivity contribution is 5.94. The number of aliphatic hydroxyl groups is 2. The Bertz CT molecular complexity index is 1920. The average molecular weight is 624 g/mol. The first-order chi connectivity index (χ1) is 22.4. The number of nitrogens with two attached hydrogens (primary N) is 1. The highest BCUT2D eigenvalue weighted by Crippen LogP contribution is 2.42. The van der Waals surface area contributed by atoms with Crippen LogP contribution in [0.4, 0.5) is 22.0 Å². The summed E-state index contributed by atoms with van der Waals surface area (Å²) in [6.45, 7) is 1.12. The third-order valence-electron chi connectivity index (χ3n) is 9.33. The fraction of sp³-hybridized carbons (Fsp3) is 0.324. The first-order valence-corrected chi connectivity index (χ1v) is 15.5. The van der Waals surface area contributed by atoms with E-state index in [0.717, 1.165) is 35.3 Å². The van der Waals surface area contributed by atoms with Crippen LogP contribution in [-0.2, 0) is 5.54 Å². The molecular weight excluding hydrogens is 589 g/mol. The van der Waals surface area contributed by atoms with Gasteiger partial charge in [-0.3, -0.25) is 5.10 Å². The number of benzene rings is 3. The van der Waals surface area contributed by atoms with E-state index >= 15 is 4.39 Å². The van der Waals surface area contributed by atoms with Crippen molar-refractivity contribution in [2.24, 2.45) is 5.73 Å². The van der Waals surface area contributed by atoms with Gasteiger partial charge in [0.2, 0.25) is 12.7 Å². The summed E-state index contributed by atoms with van der Waals surface area (Å²) in [4.78, 5) is 12.0. The van der Waals surface area contributed by atoms with Crippen LogP contribution < -0.4 is 25.4 Å². The molecule has 5 aromatic rings. The summed E-state index contributed by atoms with van der Waals surface area (Å²) in [7, 11) is 0. The Hall–Kier alpha value is -4.78. The van der Waals surface area contributed by atoms with E-state index < -0.39 is 11.6 Å². The highest BCUT2D eigenvalue weighted by Gasteiger charge is 2.35. The Kier molecular flexibility index (Phi) is 7.00. The molecule has 1 atom stereocenters. The topological polar surface area (TPSA) is 155 Å². The number of H-pyrrole nitrogens is 1. The molecule has 8 rings (SSSR count). The van der Waals surface area contributed by atoms with Gasteiger partial charge < -0.3 is 35.6 Å². The third kappa shape index (κ3) is 5.17. The predicted octanol–water partition coefficient (Wildman–Crippen LogP) is 4.99. The SMILES string of the molecule is NC1(c2ccc3c(c2)OCO3)CCN(c2nc(Nc3n[nH]c(C4CC4)c3F)c3cc(-c4ccc(C(O)CO)cc4)ccc3n2)CC1. The van der Waals surface area contributed by atoms with Crippen molar-refractivity contribution in [3.05, 3.63) is 83.3 Å². The molecule has 2 fully saturated rings. The van der Waals surface area contributed by atoms with Crippen molar-refractivity contribution < 1.29 is 24.1 Å². The monoisotopic (exact) mass is 623 g/mol. The van der Waals surface area contributed by atoms with Gasteiger partial charge in [0.05, 0.1) is 17.8 Å². The van der Waals surface area contributed by atoms with Crippen LogP contribution in [0.1, 0.15) is 54.5 Å². The maximum atomic E-state index is 15.4. The second-order valence-corrected chi connectivity index (χ2v) is 12.3. The van der Waals surface area contributed by atoms with Crippen LogP contribution >= 0.6 is 0 Å². The molecule has 11 nitrogen and oxygen atoms in total. The summed E-state index contributed by atoms with van der Waals surface area (Å²) >= 11 is 0. The number of anilines is 3. The zero-order valence-corrected chi connectivity index (χ0v) is 25.0. The number of ether oxygens (including phenoxy) is 2. The van der Waals surface area contributed by atoms with Gasteiger partial charge in [-0.25, -0.2) is 9.37 Å². The molecule has 0 amide bonds. The Morgan fingerprint density at radius 3 is 2.50 bits per heavy atom. The lowest BCUT2D eigenvalue weighted by atomic mass is 9.82. The molecule has 236 valence electrons. The number of aromatic amines is 1. The largest absolute Gasteiger partial charge is 0.454 e. The van der Waals surface area contributed by atoms with Crippen LogP contribution in [-0.4, -0.2) is 56.9 Å². The number of nitrogens with one attached hydrogen (secondary N) is 2. The fourth-order valence-corrected chi connectivity index (χ4v) is 6.32. The predicted molar refractivity (Wildman–Crippen MR) is 171 cm³/mol. The molecule has 1 saturated heterocycles. The molecule has 46 heavy (non-hydrogen) atoms. The second-order valence-electron chi connectivity index (χ2n) is 12.3. The van der Waals surface area contributed by atoms with Gasteiger partial charge in [-0.15, -0.1) is 0 Å². The number of halogens is 1. The molecule has 2 aromatic heterocycles. The van der Waals surface area contributed by atoms with Gasteiger partial charge >= 0.3 is 0 Å².